The Morgan fingerprint density at radius 3 is 1.78 bits per heavy atom. The minimum Gasteiger partial charge on any atom is -0.466 e. The molecule has 0 aromatic carbocycles. The monoisotopic (exact) mass is 256 g/mol. The molecule has 18 heavy (non-hydrogen) atoms. The molecule has 0 spiro atoms. The first-order chi connectivity index (χ1) is 8.89. The fourth-order valence-corrected chi connectivity index (χ4v) is 2.20. The van der Waals surface area contributed by atoms with Crippen LogP contribution in [0.15, 0.2) is 0 Å². The highest BCUT2D eigenvalue weighted by Gasteiger charge is 2.02. The third-order valence-corrected chi connectivity index (χ3v) is 3.37. The summed E-state index contributed by atoms with van der Waals surface area (Å²) in [6.45, 7) is 2.40. The first-order valence-electron chi connectivity index (χ1n) is 7.63. The van der Waals surface area contributed by atoms with Crippen LogP contribution in [0.5, 0.6) is 0 Å². The molecule has 0 aromatic heterocycles. The number of hydrogen-bond acceptors (Lipinski definition) is 3. The van der Waals surface area contributed by atoms with Crippen LogP contribution in [0.1, 0.15) is 70.6 Å². The second-order valence-corrected chi connectivity index (χ2v) is 5.12. The van der Waals surface area contributed by atoms with Crippen LogP contribution >= 0.6 is 0 Å². The molecule has 0 unspecified atom stereocenters. The molecular weight excluding hydrogens is 228 g/mol. The lowest BCUT2D eigenvalue weighted by atomic mass is 10.1. The summed E-state index contributed by atoms with van der Waals surface area (Å²) in [5, 5.41) is 0. The molecule has 0 atom stereocenters. The van der Waals surface area contributed by atoms with Gasteiger partial charge in [-0.25, -0.2) is 0 Å². The van der Waals surface area contributed by atoms with Crippen molar-refractivity contribution >= 4 is 5.97 Å². The van der Waals surface area contributed by atoms with Crippen LogP contribution in [0.25, 0.3) is 0 Å². The number of carbonyl (C=O) groups excluding carboxylic acids is 1. The van der Waals surface area contributed by atoms with E-state index >= 15 is 0 Å². The Hall–Kier alpha value is -0.570. The summed E-state index contributed by atoms with van der Waals surface area (Å²) in [5.74, 6) is -0.0114. The zero-order chi connectivity index (χ0) is 12.9. The molecule has 1 saturated heterocycles. The van der Waals surface area contributed by atoms with E-state index in [0.29, 0.717) is 13.0 Å². The summed E-state index contributed by atoms with van der Waals surface area (Å²) < 4.78 is 10.8. The normalized spacial score (nSPS) is 23.0. The molecule has 0 radical (unpaired) electrons. The smallest absolute Gasteiger partial charge is 0.305 e. The average molecular weight is 256 g/mol. The maximum Gasteiger partial charge on any atom is 0.305 e. The van der Waals surface area contributed by atoms with Crippen molar-refractivity contribution in [2.24, 2.45) is 0 Å². The van der Waals surface area contributed by atoms with Gasteiger partial charge in [0.1, 0.15) is 0 Å². The van der Waals surface area contributed by atoms with E-state index < -0.39 is 0 Å². The largest absolute Gasteiger partial charge is 0.466 e. The van der Waals surface area contributed by atoms with Gasteiger partial charge in [0.25, 0.3) is 0 Å². The van der Waals surface area contributed by atoms with Gasteiger partial charge < -0.3 is 9.47 Å². The van der Waals surface area contributed by atoms with Crippen molar-refractivity contribution in [3.8, 4) is 0 Å². The zero-order valence-corrected chi connectivity index (χ0v) is 11.6. The maximum atomic E-state index is 11.4. The van der Waals surface area contributed by atoms with Gasteiger partial charge in [-0.05, 0) is 32.1 Å². The molecule has 0 bridgehead atoms. The molecule has 0 aliphatic carbocycles. The Bertz CT molecular complexity index is 184. The lowest BCUT2D eigenvalue weighted by Gasteiger charge is -2.04. The molecule has 3 nitrogen and oxygen atoms in total. The average Bonchev–Trinajstić information content (AvgIpc) is 2.37. The van der Waals surface area contributed by atoms with Crippen molar-refractivity contribution < 1.29 is 14.3 Å². The van der Waals surface area contributed by atoms with Gasteiger partial charge in [0.05, 0.1) is 6.61 Å². The summed E-state index contributed by atoms with van der Waals surface area (Å²) in [6, 6.07) is 0. The molecule has 0 aromatic rings. The van der Waals surface area contributed by atoms with Crippen LogP contribution in [0.3, 0.4) is 0 Å². The van der Waals surface area contributed by atoms with Crippen LogP contribution in [0.2, 0.25) is 0 Å². The second kappa shape index (κ2) is 11.5. The molecule has 106 valence electrons. The van der Waals surface area contributed by atoms with Crippen molar-refractivity contribution in [3.05, 3.63) is 0 Å². The van der Waals surface area contributed by atoms with Crippen molar-refractivity contribution in [2.45, 2.75) is 70.6 Å². The van der Waals surface area contributed by atoms with Gasteiger partial charge in [-0.15, -0.1) is 0 Å². The first-order valence-corrected chi connectivity index (χ1v) is 7.63. The second-order valence-electron chi connectivity index (χ2n) is 5.12. The third-order valence-electron chi connectivity index (χ3n) is 3.37. The topological polar surface area (TPSA) is 35.5 Å². The number of esters is 1. The van der Waals surface area contributed by atoms with E-state index in [1.807, 2.05) is 0 Å². The van der Waals surface area contributed by atoms with Gasteiger partial charge in [-0.2, -0.15) is 0 Å². The Balaban J connectivity index is 2.11. The number of cyclic esters (lactones) is 1. The number of hydrogen-bond donors (Lipinski definition) is 0. The molecule has 0 saturated carbocycles. The van der Waals surface area contributed by atoms with Gasteiger partial charge in [-0.3, -0.25) is 4.79 Å². The highest BCUT2D eigenvalue weighted by Crippen LogP contribution is 2.09. The fraction of sp³-hybridized carbons (Fsp3) is 0.933. The van der Waals surface area contributed by atoms with E-state index in [2.05, 4.69) is 0 Å². The van der Waals surface area contributed by atoms with Gasteiger partial charge in [0.2, 0.25) is 0 Å². The van der Waals surface area contributed by atoms with E-state index in [1.54, 1.807) is 0 Å². The van der Waals surface area contributed by atoms with Crippen LogP contribution in [0.4, 0.5) is 0 Å². The number of rotatable bonds is 0. The van der Waals surface area contributed by atoms with E-state index in [9.17, 15) is 4.79 Å². The lowest BCUT2D eigenvalue weighted by Crippen LogP contribution is -2.05. The summed E-state index contributed by atoms with van der Waals surface area (Å²) in [4.78, 5) is 11.4. The van der Waals surface area contributed by atoms with Crippen molar-refractivity contribution in [1.82, 2.24) is 0 Å². The minimum atomic E-state index is -0.0114. The molecule has 1 aliphatic rings. The maximum absolute atomic E-state index is 11.4. The quantitative estimate of drug-likeness (QED) is 0.617. The van der Waals surface area contributed by atoms with Gasteiger partial charge in [-0.1, -0.05) is 32.1 Å². The fourth-order valence-electron chi connectivity index (χ4n) is 2.20. The van der Waals surface area contributed by atoms with Crippen molar-refractivity contribution in [3.63, 3.8) is 0 Å². The molecular formula is C15H28O3. The highest BCUT2D eigenvalue weighted by molar-refractivity contribution is 5.69. The van der Waals surface area contributed by atoms with Crippen LogP contribution in [-0.4, -0.2) is 25.8 Å². The molecule has 0 amide bonds. The Kier molecular flexibility index (Phi) is 9.91. The summed E-state index contributed by atoms with van der Waals surface area (Å²) in [7, 11) is 0. The van der Waals surface area contributed by atoms with E-state index in [0.717, 1.165) is 45.3 Å². The van der Waals surface area contributed by atoms with Crippen molar-refractivity contribution in [1.29, 1.82) is 0 Å². The van der Waals surface area contributed by atoms with Crippen LogP contribution in [-0.2, 0) is 14.3 Å². The SMILES string of the molecule is O=C1CCCCCCCCOCCCCCCO1. The predicted octanol–water partition coefficient (Wildman–Crippen LogP) is 3.85. The van der Waals surface area contributed by atoms with Gasteiger partial charge >= 0.3 is 5.97 Å². The van der Waals surface area contributed by atoms with E-state index in [4.69, 9.17) is 9.47 Å². The Labute approximate surface area is 111 Å². The van der Waals surface area contributed by atoms with Gasteiger partial charge in [0.15, 0.2) is 0 Å². The Morgan fingerprint density at radius 2 is 1.11 bits per heavy atom. The van der Waals surface area contributed by atoms with Crippen molar-refractivity contribution in [2.75, 3.05) is 19.8 Å². The molecule has 1 heterocycles. The number of ether oxygens (including phenoxy) is 2. The van der Waals surface area contributed by atoms with Crippen LogP contribution < -0.4 is 0 Å². The lowest BCUT2D eigenvalue weighted by molar-refractivity contribution is -0.143. The molecule has 3 heteroatoms. The third kappa shape index (κ3) is 9.46. The number of carbonyl (C=O) groups is 1. The molecule has 0 N–H and O–H groups in total. The summed E-state index contributed by atoms with van der Waals surface area (Å²) in [6.07, 6.45) is 12.1. The summed E-state index contributed by atoms with van der Waals surface area (Å²) >= 11 is 0. The first kappa shape index (κ1) is 15.5. The summed E-state index contributed by atoms with van der Waals surface area (Å²) in [5.41, 5.74) is 0. The Morgan fingerprint density at radius 1 is 0.611 bits per heavy atom. The molecule has 1 rings (SSSR count). The standard InChI is InChI=1S/C15H28O3/c16-15-11-7-3-1-2-4-8-12-17-13-9-5-6-10-14-18-15/h1-14H2. The zero-order valence-electron chi connectivity index (χ0n) is 11.6. The van der Waals surface area contributed by atoms with E-state index in [1.165, 1.54) is 32.1 Å². The highest BCUT2D eigenvalue weighted by atomic mass is 16.5. The minimum absolute atomic E-state index is 0.0114. The van der Waals surface area contributed by atoms with E-state index in [-0.39, 0.29) is 5.97 Å². The van der Waals surface area contributed by atoms with Crippen LogP contribution in [0, 0.1) is 0 Å². The molecule has 1 aliphatic heterocycles. The van der Waals surface area contributed by atoms with Gasteiger partial charge in [0, 0.05) is 19.6 Å². The molecule has 1 fully saturated rings. The predicted molar refractivity (Wildman–Crippen MR) is 72.6 cm³/mol.